The number of thioether (sulfide) groups is 1. The molecule has 0 aromatic heterocycles. The van der Waals surface area contributed by atoms with Gasteiger partial charge >= 0.3 is 5.97 Å². The Labute approximate surface area is 147 Å². The first-order chi connectivity index (χ1) is 11.4. The second-order valence-electron chi connectivity index (χ2n) is 5.60. The highest BCUT2D eigenvalue weighted by atomic mass is 32.2. The maximum absolute atomic E-state index is 13.1. The van der Waals surface area contributed by atoms with Crippen LogP contribution >= 0.6 is 11.8 Å². The number of esters is 1. The minimum atomic E-state index is -3.65. The van der Waals surface area contributed by atoms with E-state index in [2.05, 4.69) is 4.74 Å². The van der Waals surface area contributed by atoms with Crippen LogP contribution in [-0.2, 0) is 19.5 Å². The van der Waals surface area contributed by atoms with Crippen LogP contribution in [0.15, 0.2) is 23.1 Å². The lowest BCUT2D eigenvalue weighted by Gasteiger charge is -2.28. The molecule has 0 spiro atoms. The smallest absolute Gasteiger partial charge is 0.337 e. The van der Waals surface area contributed by atoms with Crippen molar-refractivity contribution < 1.29 is 22.7 Å². The summed E-state index contributed by atoms with van der Waals surface area (Å²) < 4.78 is 37.6. The minimum Gasteiger partial charge on any atom is -0.465 e. The fourth-order valence-electron chi connectivity index (χ4n) is 2.74. The molecular weight excluding hydrogens is 350 g/mol. The number of hydrogen-bond donors (Lipinski definition) is 0. The van der Waals surface area contributed by atoms with Crippen molar-refractivity contribution in [3.05, 3.63) is 29.3 Å². The van der Waals surface area contributed by atoms with Crippen LogP contribution in [0.2, 0.25) is 0 Å². The molecule has 1 atom stereocenters. The number of sulfonamides is 1. The predicted octanol–water partition coefficient (Wildman–Crippen LogP) is 1.92. The number of aryl methyl sites for hydroxylation is 1. The summed E-state index contributed by atoms with van der Waals surface area (Å²) in [7, 11) is -0.790. The van der Waals surface area contributed by atoms with Gasteiger partial charge in [0.15, 0.2) is 0 Å². The number of hydrogen-bond acceptors (Lipinski definition) is 6. The van der Waals surface area contributed by atoms with Crippen molar-refractivity contribution in [1.29, 1.82) is 0 Å². The summed E-state index contributed by atoms with van der Waals surface area (Å²) >= 11 is 1.76. The van der Waals surface area contributed by atoms with Crippen LogP contribution in [0.5, 0.6) is 0 Å². The quantitative estimate of drug-likeness (QED) is 0.680. The summed E-state index contributed by atoms with van der Waals surface area (Å²) in [5.74, 6) is 1.28. The number of carbonyl (C=O) groups is 1. The topological polar surface area (TPSA) is 72.9 Å². The molecule has 1 heterocycles. The lowest BCUT2D eigenvalue weighted by Crippen LogP contribution is -2.42. The standard InChI is InChI=1S/C16H23NO5S2/c1-12-10-13(16(18)22-3)4-5-15(12)24(19,20)17(7-8-21-2)14-6-9-23-11-14/h4-5,10,14H,6-9,11H2,1-3H3. The molecule has 1 aliphatic heterocycles. The van der Waals surface area contributed by atoms with Gasteiger partial charge in [0.1, 0.15) is 0 Å². The van der Waals surface area contributed by atoms with E-state index in [1.54, 1.807) is 31.9 Å². The minimum absolute atomic E-state index is 0.0187. The molecule has 0 bridgehead atoms. The van der Waals surface area contributed by atoms with Gasteiger partial charge in [-0.05, 0) is 42.9 Å². The van der Waals surface area contributed by atoms with Gasteiger partial charge in [-0.1, -0.05) is 0 Å². The molecule has 0 saturated carbocycles. The average Bonchev–Trinajstić information content (AvgIpc) is 3.08. The van der Waals surface area contributed by atoms with Crippen LogP contribution in [0.1, 0.15) is 22.3 Å². The highest BCUT2D eigenvalue weighted by molar-refractivity contribution is 7.99. The van der Waals surface area contributed by atoms with Gasteiger partial charge in [0.2, 0.25) is 10.0 Å². The Hall–Kier alpha value is -1.09. The number of methoxy groups -OCH3 is 2. The molecule has 1 saturated heterocycles. The summed E-state index contributed by atoms with van der Waals surface area (Å²) in [6.07, 6.45) is 0.840. The van der Waals surface area contributed by atoms with Crippen molar-refractivity contribution >= 4 is 27.8 Å². The number of benzene rings is 1. The third kappa shape index (κ3) is 4.11. The first kappa shape index (κ1) is 19.2. The summed E-state index contributed by atoms with van der Waals surface area (Å²) in [5, 5.41) is 0. The van der Waals surface area contributed by atoms with Crippen molar-refractivity contribution in [2.45, 2.75) is 24.3 Å². The maximum Gasteiger partial charge on any atom is 0.337 e. The highest BCUT2D eigenvalue weighted by Gasteiger charge is 2.34. The van der Waals surface area contributed by atoms with E-state index < -0.39 is 16.0 Å². The number of ether oxygens (including phenoxy) is 2. The van der Waals surface area contributed by atoms with Gasteiger partial charge < -0.3 is 9.47 Å². The van der Waals surface area contributed by atoms with E-state index in [9.17, 15) is 13.2 Å². The SMILES string of the molecule is COCCN(C1CCSC1)S(=O)(=O)c1ccc(C(=O)OC)cc1C. The molecule has 0 N–H and O–H groups in total. The molecule has 2 rings (SSSR count). The van der Waals surface area contributed by atoms with Crippen LogP contribution < -0.4 is 0 Å². The third-order valence-corrected chi connectivity index (χ3v) is 7.27. The van der Waals surface area contributed by atoms with E-state index in [0.717, 1.165) is 17.9 Å². The zero-order chi connectivity index (χ0) is 17.7. The lowest BCUT2D eigenvalue weighted by atomic mass is 10.1. The molecule has 1 aromatic carbocycles. The van der Waals surface area contributed by atoms with Crippen LogP contribution in [0.4, 0.5) is 0 Å². The first-order valence-electron chi connectivity index (χ1n) is 7.69. The third-order valence-electron chi connectivity index (χ3n) is 4.01. The zero-order valence-electron chi connectivity index (χ0n) is 14.1. The largest absolute Gasteiger partial charge is 0.465 e. The number of carbonyl (C=O) groups excluding carboxylic acids is 1. The Morgan fingerprint density at radius 1 is 1.38 bits per heavy atom. The van der Waals surface area contributed by atoms with Crippen molar-refractivity contribution in [1.82, 2.24) is 4.31 Å². The van der Waals surface area contributed by atoms with Crippen LogP contribution in [-0.4, -0.2) is 63.6 Å². The Morgan fingerprint density at radius 3 is 2.67 bits per heavy atom. The molecule has 24 heavy (non-hydrogen) atoms. The second kappa shape index (κ2) is 8.33. The predicted molar refractivity (Wildman–Crippen MR) is 94.0 cm³/mol. The van der Waals surface area contributed by atoms with Gasteiger partial charge in [-0.3, -0.25) is 0 Å². The zero-order valence-corrected chi connectivity index (χ0v) is 15.8. The highest BCUT2D eigenvalue weighted by Crippen LogP contribution is 2.29. The molecule has 6 nitrogen and oxygen atoms in total. The fourth-order valence-corrected chi connectivity index (χ4v) is 5.90. The molecular formula is C16H23NO5S2. The van der Waals surface area contributed by atoms with Gasteiger partial charge in [-0.25, -0.2) is 13.2 Å². The molecule has 8 heteroatoms. The summed E-state index contributed by atoms with van der Waals surface area (Å²) in [6.45, 7) is 2.36. The van der Waals surface area contributed by atoms with Gasteiger partial charge in [0.25, 0.3) is 0 Å². The number of nitrogens with zero attached hydrogens (tertiary/aromatic N) is 1. The summed E-state index contributed by atoms with van der Waals surface area (Å²) in [4.78, 5) is 11.8. The van der Waals surface area contributed by atoms with Crippen LogP contribution in [0.3, 0.4) is 0 Å². The maximum atomic E-state index is 13.1. The number of rotatable bonds is 7. The molecule has 1 fully saturated rings. The molecule has 1 unspecified atom stereocenters. The monoisotopic (exact) mass is 373 g/mol. The Kier molecular flexibility index (Phi) is 6.68. The second-order valence-corrected chi connectivity index (χ2v) is 8.61. The molecule has 1 aliphatic rings. The van der Waals surface area contributed by atoms with E-state index in [1.807, 2.05) is 0 Å². The van der Waals surface area contributed by atoms with Crippen molar-refractivity contribution in [2.24, 2.45) is 0 Å². The Balaban J connectivity index is 2.36. The van der Waals surface area contributed by atoms with E-state index in [0.29, 0.717) is 24.3 Å². The van der Waals surface area contributed by atoms with E-state index in [-0.39, 0.29) is 10.9 Å². The van der Waals surface area contributed by atoms with E-state index in [4.69, 9.17) is 4.74 Å². The molecule has 134 valence electrons. The lowest BCUT2D eigenvalue weighted by molar-refractivity contribution is 0.0600. The van der Waals surface area contributed by atoms with Gasteiger partial charge in [-0.2, -0.15) is 16.1 Å². The van der Waals surface area contributed by atoms with Crippen molar-refractivity contribution in [3.8, 4) is 0 Å². The van der Waals surface area contributed by atoms with Crippen LogP contribution in [0.25, 0.3) is 0 Å². The molecule has 0 amide bonds. The van der Waals surface area contributed by atoms with Crippen LogP contribution in [0, 0.1) is 6.92 Å². The summed E-state index contributed by atoms with van der Waals surface area (Å²) in [6, 6.07) is 4.51. The Morgan fingerprint density at radius 2 is 2.12 bits per heavy atom. The molecule has 0 radical (unpaired) electrons. The average molecular weight is 373 g/mol. The fraction of sp³-hybridized carbons (Fsp3) is 0.562. The van der Waals surface area contributed by atoms with Crippen molar-refractivity contribution in [2.75, 3.05) is 38.9 Å². The summed E-state index contributed by atoms with van der Waals surface area (Å²) in [5.41, 5.74) is 0.875. The van der Waals surface area contributed by atoms with Crippen molar-refractivity contribution in [3.63, 3.8) is 0 Å². The van der Waals surface area contributed by atoms with Gasteiger partial charge in [0, 0.05) is 25.4 Å². The first-order valence-corrected chi connectivity index (χ1v) is 10.3. The van der Waals surface area contributed by atoms with E-state index >= 15 is 0 Å². The molecule has 0 aliphatic carbocycles. The van der Waals surface area contributed by atoms with Gasteiger partial charge in [-0.15, -0.1) is 0 Å². The normalized spacial score (nSPS) is 18.1. The molecule has 1 aromatic rings. The van der Waals surface area contributed by atoms with Gasteiger partial charge in [0.05, 0.1) is 24.2 Å². The Bertz CT molecular complexity index is 684. The van der Waals surface area contributed by atoms with E-state index in [1.165, 1.54) is 23.5 Å².